The highest BCUT2D eigenvalue weighted by Gasteiger charge is 2.20. The Morgan fingerprint density at radius 2 is 2.07 bits per heavy atom. The van der Waals surface area contributed by atoms with Crippen molar-refractivity contribution in [3.63, 3.8) is 0 Å². The van der Waals surface area contributed by atoms with Gasteiger partial charge in [0, 0.05) is 6.07 Å². The lowest BCUT2D eigenvalue weighted by Gasteiger charge is -2.03. The SMILES string of the molecule is Nc1nc(C(F)F)cc([N+](=O)[O-])c1N. The maximum absolute atomic E-state index is 12.1. The minimum absolute atomic E-state index is 0.403. The van der Waals surface area contributed by atoms with Gasteiger partial charge in [-0.3, -0.25) is 10.1 Å². The average molecular weight is 204 g/mol. The zero-order chi connectivity index (χ0) is 10.9. The van der Waals surface area contributed by atoms with E-state index < -0.39 is 34.2 Å². The molecule has 0 aliphatic rings. The molecule has 0 aliphatic carbocycles. The van der Waals surface area contributed by atoms with Gasteiger partial charge in [0.05, 0.1) is 4.92 Å². The Morgan fingerprint density at radius 3 is 2.50 bits per heavy atom. The number of halogens is 2. The van der Waals surface area contributed by atoms with Gasteiger partial charge in [-0.05, 0) is 0 Å². The van der Waals surface area contributed by atoms with Crippen molar-refractivity contribution in [2.45, 2.75) is 6.43 Å². The zero-order valence-electron chi connectivity index (χ0n) is 6.78. The Hall–Kier alpha value is -1.99. The number of nitrogen functional groups attached to an aromatic ring is 2. The van der Waals surface area contributed by atoms with E-state index in [1.54, 1.807) is 0 Å². The van der Waals surface area contributed by atoms with E-state index >= 15 is 0 Å². The third-order valence-corrected chi connectivity index (χ3v) is 1.51. The molecule has 14 heavy (non-hydrogen) atoms. The van der Waals surface area contributed by atoms with Gasteiger partial charge >= 0.3 is 0 Å². The van der Waals surface area contributed by atoms with Crippen LogP contribution in [0.3, 0.4) is 0 Å². The van der Waals surface area contributed by atoms with Crippen molar-refractivity contribution in [1.82, 2.24) is 4.98 Å². The molecule has 0 saturated carbocycles. The zero-order valence-corrected chi connectivity index (χ0v) is 6.78. The number of rotatable bonds is 2. The molecule has 0 radical (unpaired) electrons. The topological polar surface area (TPSA) is 108 Å². The first kappa shape index (κ1) is 10.1. The maximum atomic E-state index is 12.1. The molecule has 1 rings (SSSR count). The number of nitrogens with zero attached hydrogens (tertiary/aromatic N) is 2. The van der Waals surface area contributed by atoms with Crippen molar-refractivity contribution in [1.29, 1.82) is 0 Å². The van der Waals surface area contributed by atoms with Crippen LogP contribution in [0.15, 0.2) is 6.07 Å². The number of alkyl halides is 2. The van der Waals surface area contributed by atoms with Crippen molar-refractivity contribution >= 4 is 17.2 Å². The van der Waals surface area contributed by atoms with Crippen molar-refractivity contribution in [3.8, 4) is 0 Å². The molecule has 4 N–H and O–H groups in total. The van der Waals surface area contributed by atoms with Gasteiger partial charge in [0.25, 0.3) is 12.1 Å². The number of aromatic nitrogens is 1. The molecule has 0 atom stereocenters. The smallest absolute Gasteiger partial charge is 0.297 e. The van der Waals surface area contributed by atoms with Crippen LogP contribution in [0.4, 0.5) is 26.0 Å². The summed E-state index contributed by atoms with van der Waals surface area (Å²) in [6.07, 6.45) is -2.92. The predicted molar refractivity (Wildman–Crippen MR) is 44.7 cm³/mol. The first-order valence-electron chi connectivity index (χ1n) is 3.42. The second kappa shape index (κ2) is 3.40. The monoisotopic (exact) mass is 204 g/mol. The van der Waals surface area contributed by atoms with Gasteiger partial charge in [-0.2, -0.15) is 0 Å². The van der Waals surface area contributed by atoms with E-state index in [9.17, 15) is 18.9 Å². The first-order chi connectivity index (χ1) is 6.43. The molecular formula is C6H6F2N4O2. The van der Waals surface area contributed by atoms with Gasteiger partial charge in [0.15, 0.2) is 11.5 Å². The quantitative estimate of drug-likeness (QED) is 0.553. The van der Waals surface area contributed by atoms with E-state index in [2.05, 4.69) is 4.98 Å². The summed E-state index contributed by atoms with van der Waals surface area (Å²) < 4.78 is 24.3. The summed E-state index contributed by atoms with van der Waals surface area (Å²) in [5, 5.41) is 10.3. The molecule has 0 bridgehead atoms. The van der Waals surface area contributed by atoms with Crippen LogP contribution >= 0.6 is 0 Å². The highest BCUT2D eigenvalue weighted by atomic mass is 19.3. The van der Waals surface area contributed by atoms with Crippen molar-refractivity contribution in [3.05, 3.63) is 21.9 Å². The number of hydrogen-bond acceptors (Lipinski definition) is 5. The molecule has 6 nitrogen and oxygen atoms in total. The van der Waals surface area contributed by atoms with Gasteiger partial charge < -0.3 is 11.5 Å². The molecule has 0 amide bonds. The fourth-order valence-corrected chi connectivity index (χ4v) is 0.843. The first-order valence-corrected chi connectivity index (χ1v) is 3.42. The number of nitrogens with two attached hydrogens (primary N) is 2. The molecule has 0 fully saturated rings. The summed E-state index contributed by atoms with van der Waals surface area (Å²) in [6.45, 7) is 0. The molecule has 8 heteroatoms. The molecule has 0 unspecified atom stereocenters. The fraction of sp³-hybridized carbons (Fsp3) is 0.167. The second-order valence-electron chi connectivity index (χ2n) is 2.42. The summed E-state index contributed by atoms with van der Waals surface area (Å²) in [4.78, 5) is 12.7. The Balaban J connectivity index is 3.35. The summed E-state index contributed by atoms with van der Waals surface area (Å²) in [5.41, 5.74) is 8.48. The largest absolute Gasteiger partial charge is 0.390 e. The maximum Gasteiger partial charge on any atom is 0.297 e. The fourth-order valence-electron chi connectivity index (χ4n) is 0.843. The second-order valence-corrected chi connectivity index (χ2v) is 2.42. The summed E-state index contributed by atoms with van der Waals surface area (Å²) >= 11 is 0. The van der Waals surface area contributed by atoms with Gasteiger partial charge in [0.2, 0.25) is 0 Å². The minimum Gasteiger partial charge on any atom is -0.390 e. The summed E-state index contributed by atoms with van der Waals surface area (Å²) in [5.74, 6) is -0.463. The number of pyridine rings is 1. The molecule has 1 aromatic heterocycles. The Kier molecular flexibility index (Phi) is 2.45. The standard InChI is InChI=1S/C6H6F2N4O2/c7-5(8)2-1-3(12(13)14)4(9)6(10)11-2/h1,5H,9H2,(H2,10,11). The van der Waals surface area contributed by atoms with Crippen LogP contribution in [-0.4, -0.2) is 9.91 Å². The lowest BCUT2D eigenvalue weighted by molar-refractivity contribution is -0.384. The molecule has 0 saturated heterocycles. The molecule has 1 heterocycles. The molecular weight excluding hydrogens is 198 g/mol. The molecule has 0 spiro atoms. The van der Waals surface area contributed by atoms with Crippen LogP contribution in [0, 0.1) is 10.1 Å². The average Bonchev–Trinajstić information content (AvgIpc) is 2.08. The lowest BCUT2D eigenvalue weighted by Crippen LogP contribution is -2.05. The van der Waals surface area contributed by atoms with Gasteiger partial charge in [0.1, 0.15) is 5.69 Å². The molecule has 1 aromatic rings. The third-order valence-electron chi connectivity index (χ3n) is 1.51. The number of anilines is 2. The van der Waals surface area contributed by atoms with E-state index in [1.165, 1.54) is 0 Å². The van der Waals surface area contributed by atoms with E-state index in [1.807, 2.05) is 0 Å². The predicted octanol–water partition coefficient (Wildman–Crippen LogP) is 1.09. The Bertz CT molecular complexity index is 382. The normalized spacial score (nSPS) is 10.5. The number of nitro groups is 1. The van der Waals surface area contributed by atoms with Crippen molar-refractivity contribution in [2.75, 3.05) is 11.5 Å². The lowest BCUT2D eigenvalue weighted by atomic mass is 10.3. The van der Waals surface area contributed by atoms with Gasteiger partial charge in [-0.1, -0.05) is 0 Å². The molecule has 0 aromatic carbocycles. The van der Waals surface area contributed by atoms with Gasteiger partial charge in [-0.15, -0.1) is 0 Å². The van der Waals surface area contributed by atoms with E-state index in [0.717, 1.165) is 0 Å². The highest BCUT2D eigenvalue weighted by Crippen LogP contribution is 2.30. The number of hydrogen-bond donors (Lipinski definition) is 2. The van der Waals surface area contributed by atoms with E-state index in [0.29, 0.717) is 6.07 Å². The van der Waals surface area contributed by atoms with E-state index in [4.69, 9.17) is 11.5 Å². The van der Waals surface area contributed by atoms with E-state index in [-0.39, 0.29) is 0 Å². The van der Waals surface area contributed by atoms with Crippen molar-refractivity contribution < 1.29 is 13.7 Å². The summed E-state index contributed by atoms with van der Waals surface area (Å²) in [6, 6.07) is 0.607. The van der Waals surface area contributed by atoms with Crippen LogP contribution in [0.25, 0.3) is 0 Å². The van der Waals surface area contributed by atoms with Crippen LogP contribution in [0.2, 0.25) is 0 Å². The molecule has 76 valence electrons. The Labute approximate surface area is 76.7 Å². The summed E-state index contributed by atoms with van der Waals surface area (Å²) in [7, 11) is 0. The van der Waals surface area contributed by atoms with Crippen LogP contribution < -0.4 is 11.5 Å². The van der Waals surface area contributed by atoms with Crippen LogP contribution in [-0.2, 0) is 0 Å². The minimum atomic E-state index is -2.92. The van der Waals surface area contributed by atoms with Crippen LogP contribution in [0.5, 0.6) is 0 Å². The molecule has 0 aliphatic heterocycles. The highest BCUT2D eigenvalue weighted by molar-refractivity contribution is 5.71. The Morgan fingerprint density at radius 1 is 1.50 bits per heavy atom. The third kappa shape index (κ3) is 1.68. The van der Waals surface area contributed by atoms with Gasteiger partial charge in [-0.25, -0.2) is 13.8 Å². The van der Waals surface area contributed by atoms with Crippen molar-refractivity contribution in [2.24, 2.45) is 0 Å². The van der Waals surface area contributed by atoms with Crippen LogP contribution in [0.1, 0.15) is 12.1 Å².